The molecule has 2 nitrogen and oxygen atoms in total. The van der Waals surface area contributed by atoms with Crippen LogP contribution < -0.4 is 10.5 Å². The quantitative estimate of drug-likeness (QED) is 0.912. The Kier molecular flexibility index (Phi) is 4.73. The van der Waals surface area contributed by atoms with Crippen molar-refractivity contribution in [2.45, 2.75) is 12.5 Å². The second-order valence-electron chi connectivity index (χ2n) is 4.41. The fraction of sp³-hybridized carbons (Fsp3) is 0.200. The zero-order valence-electron chi connectivity index (χ0n) is 10.9. The van der Waals surface area contributed by atoms with Gasteiger partial charge in [-0.15, -0.1) is 0 Å². The van der Waals surface area contributed by atoms with Crippen molar-refractivity contribution in [1.82, 2.24) is 0 Å². The van der Waals surface area contributed by atoms with Crippen molar-refractivity contribution in [2.75, 3.05) is 7.11 Å². The van der Waals surface area contributed by atoms with Crippen molar-refractivity contribution < 1.29 is 13.5 Å². The number of nitrogens with two attached hydrogens (primary N) is 1. The van der Waals surface area contributed by atoms with Gasteiger partial charge in [0.25, 0.3) is 0 Å². The highest BCUT2D eigenvalue weighted by Crippen LogP contribution is 2.28. The van der Waals surface area contributed by atoms with E-state index in [1.807, 2.05) is 12.1 Å². The largest absolute Gasteiger partial charge is 0.496 e. The molecule has 2 aromatic carbocycles. The molecule has 2 aromatic rings. The predicted octanol–water partition coefficient (Wildman–Crippen LogP) is 3.98. The summed E-state index contributed by atoms with van der Waals surface area (Å²) in [5.74, 6) is -1.12. The topological polar surface area (TPSA) is 35.2 Å². The first-order chi connectivity index (χ1) is 9.52. The summed E-state index contributed by atoms with van der Waals surface area (Å²) >= 11 is 3.37. The Morgan fingerprint density at radius 3 is 2.70 bits per heavy atom. The second kappa shape index (κ2) is 6.33. The van der Waals surface area contributed by atoms with Gasteiger partial charge in [-0.1, -0.05) is 28.1 Å². The van der Waals surface area contributed by atoms with Crippen LogP contribution in [-0.2, 0) is 6.42 Å². The Balaban J connectivity index is 2.30. The highest BCUT2D eigenvalue weighted by molar-refractivity contribution is 9.10. The Hall–Kier alpha value is -1.46. The van der Waals surface area contributed by atoms with Crippen molar-refractivity contribution >= 4 is 15.9 Å². The van der Waals surface area contributed by atoms with E-state index in [-0.39, 0.29) is 5.56 Å². The van der Waals surface area contributed by atoms with Crippen LogP contribution in [0.1, 0.15) is 17.2 Å². The smallest absolute Gasteiger partial charge is 0.163 e. The molecule has 0 amide bonds. The Morgan fingerprint density at radius 2 is 2.00 bits per heavy atom. The summed E-state index contributed by atoms with van der Waals surface area (Å²) in [6.07, 6.45) is 0.350. The van der Waals surface area contributed by atoms with E-state index >= 15 is 0 Å². The second-order valence-corrected chi connectivity index (χ2v) is 5.33. The highest BCUT2D eigenvalue weighted by atomic mass is 79.9. The maximum absolute atomic E-state index is 13.7. The number of halogens is 3. The van der Waals surface area contributed by atoms with Crippen molar-refractivity contribution in [3.8, 4) is 5.75 Å². The van der Waals surface area contributed by atoms with Gasteiger partial charge >= 0.3 is 0 Å². The summed E-state index contributed by atoms with van der Waals surface area (Å²) in [6.45, 7) is 0. The minimum Gasteiger partial charge on any atom is -0.496 e. The van der Waals surface area contributed by atoms with Gasteiger partial charge in [0.15, 0.2) is 11.6 Å². The molecule has 0 aromatic heterocycles. The van der Waals surface area contributed by atoms with Gasteiger partial charge in [-0.25, -0.2) is 8.78 Å². The summed E-state index contributed by atoms with van der Waals surface area (Å²) in [7, 11) is 1.56. The maximum atomic E-state index is 13.7. The first-order valence-corrected chi connectivity index (χ1v) is 6.84. The number of hydrogen-bond donors (Lipinski definition) is 1. The number of hydrogen-bond acceptors (Lipinski definition) is 2. The molecule has 2 rings (SSSR count). The molecule has 20 heavy (non-hydrogen) atoms. The molecule has 0 saturated carbocycles. The normalized spacial score (nSPS) is 12.2. The van der Waals surface area contributed by atoms with Crippen LogP contribution in [0.3, 0.4) is 0 Å². The Morgan fingerprint density at radius 1 is 1.25 bits per heavy atom. The van der Waals surface area contributed by atoms with Gasteiger partial charge in [-0.2, -0.15) is 0 Å². The number of rotatable bonds is 4. The monoisotopic (exact) mass is 341 g/mol. The van der Waals surface area contributed by atoms with Crippen LogP contribution >= 0.6 is 15.9 Å². The van der Waals surface area contributed by atoms with Crippen LogP contribution in [0.5, 0.6) is 5.75 Å². The summed E-state index contributed by atoms with van der Waals surface area (Å²) in [5, 5.41) is 0. The lowest BCUT2D eigenvalue weighted by Crippen LogP contribution is -2.16. The molecule has 0 bridgehead atoms. The van der Waals surface area contributed by atoms with Crippen LogP contribution in [-0.4, -0.2) is 7.11 Å². The third kappa shape index (κ3) is 3.16. The van der Waals surface area contributed by atoms with Gasteiger partial charge < -0.3 is 10.5 Å². The van der Waals surface area contributed by atoms with Crippen molar-refractivity contribution in [3.63, 3.8) is 0 Å². The van der Waals surface area contributed by atoms with E-state index < -0.39 is 17.7 Å². The molecular weight excluding hydrogens is 328 g/mol. The van der Waals surface area contributed by atoms with E-state index in [1.54, 1.807) is 13.2 Å². The van der Waals surface area contributed by atoms with Crippen molar-refractivity contribution in [2.24, 2.45) is 5.73 Å². The minimum atomic E-state index is -0.894. The average molecular weight is 342 g/mol. The zero-order valence-corrected chi connectivity index (χ0v) is 12.5. The molecule has 0 saturated heterocycles. The molecule has 0 aliphatic rings. The SMILES string of the molecule is COc1ccc(Br)cc1CC(N)c1cccc(F)c1F. The summed E-state index contributed by atoms with van der Waals surface area (Å²) in [4.78, 5) is 0. The number of ether oxygens (including phenoxy) is 1. The molecule has 0 aliphatic heterocycles. The van der Waals surface area contributed by atoms with E-state index in [2.05, 4.69) is 15.9 Å². The van der Waals surface area contributed by atoms with Gasteiger partial charge in [0.2, 0.25) is 0 Å². The predicted molar refractivity (Wildman–Crippen MR) is 77.7 cm³/mol. The van der Waals surface area contributed by atoms with Crippen LogP contribution in [0.2, 0.25) is 0 Å². The Labute approximate surface area is 124 Å². The maximum Gasteiger partial charge on any atom is 0.163 e. The summed E-state index contributed by atoms with van der Waals surface area (Å²) < 4.78 is 33.1. The molecule has 5 heteroatoms. The van der Waals surface area contributed by atoms with Crippen molar-refractivity contribution in [3.05, 3.63) is 63.6 Å². The van der Waals surface area contributed by atoms with Gasteiger partial charge in [-0.05, 0) is 36.2 Å². The summed E-state index contributed by atoms with van der Waals surface area (Å²) in [6, 6.07) is 8.87. The van der Waals surface area contributed by atoms with E-state index in [0.29, 0.717) is 12.2 Å². The lowest BCUT2D eigenvalue weighted by Gasteiger charge is -2.16. The molecule has 0 spiro atoms. The molecular formula is C15H14BrF2NO. The molecule has 0 fully saturated rings. The van der Waals surface area contributed by atoms with Gasteiger partial charge in [0.05, 0.1) is 7.11 Å². The molecule has 2 N–H and O–H groups in total. The van der Waals surface area contributed by atoms with Crippen molar-refractivity contribution in [1.29, 1.82) is 0 Å². The standard InChI is InChI=1S/C15H14BrF2NO/c1-20-14-6-5-10(16)7-9(14)8-13(19)11-3-2-4-12(17)15(11)18/h2-7,13H,8,19H2,1H3. The first kappa shape index (κ1) is 14.9. The zero-order chi connectivity index (χ0) is 14.7. The molecule has 0 heterocycles. The fourth-order valence-electron chi connectivity index (χ4n) is 2.06. The number of benzene rings is 2. The van der Waals surface area contributed by atoms with Crippen LogP contribution in [0.25, 0.3) is 0 Å². The molecule has 0 radical (unpaired) electrons. The third-order valence-electron chi connectivity index (χ3n) is 3.06. The van der Waals surface area contributed by atoms with E-state index in [4.69, 9.17) is 10.5 Å². The molecule has 0 aliphatic carbocycles. The highest BCUT2D eigenvalue weighted by Gasteiger charge is 2.17. The van der Waals surface area contributed by atoms with Gasteiger partial charge in [-0.3, -0.25) is 0 Å². The van der Waals surface area contributed by atoms with Gasteiger partial charge in [0, 0.05) is 16.1 Å². The first-order valence-electron chi connectivity index (χ1n) is 6.05. The number of methoxy groups -OCH3 is 1. The molecule has 1 unspecified atom stereocenters. The van der Waals surface area contributed by atoms with Gasteiger partial charge in [0.1, 0.15) is 5.75 Å². The lowest BCUT2D eigenvalue weighted by molar-refractivity contribution is 0.407. The van der Waals surface area contributed by atoms with Crippen LogP contribution in [0.15, 0.2) is 40.9 Å². The van der Waals surface area contributed by atoms with E-state index in [9.17, 15) is 8.78 Å². The molecule has 106 valence electrons. The molecule has 1 atom stereocenters. The summed E-state index contributed by atoms with van der Waals surface area (Å²) in [5.41, 5.74) is 6.98. The average Bonchev–Trinajstić information content (AvgIpc) is 2.42. The van der Waals surface area contributed by atoms with Crippen LogP contribution in [0, 0.1) is 11.6 Å². The minimum absolute atomic E-state index is 0.159. The third-order valence-corrected chi connectivity index (χ3v) is 3.56. The van der Waals surface area contributed by atoms with E-state index in [0.717, 1.165) is 16.1 Å². The van der Waals surface area contributed by atoms with Crippen LogP contribution in [0.4, 0.5) is 8.78 Å². The fourth-order valence-corrected chi connectivity index (χ4v) is 2.47. The van der Waals surface area contributed by atoms with E-state index in [1.165, 1.54) is 12.1 Å². The lowest BCUT2D eigenvalue weighted by atomic mass is 9.98. The Bertz CT molecular complexity index is 619.